The predicted octanol–water partition coefficient (Wildman–Crippen LogP) is 3.45. The van der Waals surface area contributed by atoms with E-state index in [0.29, 0.717) is 35.8 Å². The van der Waals surface area contributed by atoms with Gasteiger partial charge in [0.1, 0.15) is 5.78 Å². The van der Waals surface area contributed by atoms with E-state index >= 15 is 0 Å². The minimum Gasteiger partial charge on any atom is -0.493 e. The molecule has 3 rings (SSSR count). The maximum Gasteiger partial charge on any atom is 0.336 e. The normalized spacial score (nSPS) is 22.1. The minimum absolute atomic E-state index is 0.101. The van der Waals surface area contributed by atoms with Crippen molar-refractivity contribution in [3.63, 3.8) is 0 Å². The lowest BCUT2D eigenvalue weighted by Crippen LogP contribution is -2.39. The van der Waals surface area contributed by atoms with E-state index in [9.17, 15) is 9.59 Å². The summed E-state index contributed by atoms with van der Waals surface area (Å²) in [4.78, 5) is 30.1. The van der Waals surface area contributed by atoms with Crippen LogP contribution in [0.1, 0.15) is 44.6 Å². The molecule has 1 aliphatic carbocycles. The Morgan fingerprint density at radius 1 is 1.22 bits per heavy atom. The van der Waals surface area contributed by atoms with Crippen LogP contribution in [-0.2, 0) is 14.3 Å². The molecule has 0 N–H and O–H groups in total. The van der Waals surface area contributed by atoms with Crippen LogP contribution >= 0.6 is 0 Å². The van der Waals surface area contributed by atoms with Crippen molar-refractivity contribution < 1.29 is 23.8 Å². The molecule has 0 amide bonds. The van der Waals surface area contributed by atoms with Gasteiger partial charge in [0.2, 0.25) is 0 Å². The van der Waals surface area contributed by atoms with Crippen molar-refractivity contribution in [1.82, 2.24) is 0 Å². The molecule has 1 aromatic carbocycles. The van der Waals surface area contributed by atoms with Crippen LogP contribution in [0.3, 0.4) is 0 Å². The third-order valence-corrected chi connectivity index (χ3v) is 5.17. The van der Waals surface area contributed by atoms with Gasteiger partial charge in [-0.05, 0) is 32.8 Å². The number of esters is 1. The molecule has 0 saturated heterocycles. The van der Waals surface area contributed by atoms with Crippen LogP contribution < -0.4 is 9.47 Å². The number of methoxy groups -OCH3 is 2. The van der Waals surface area contributed by atoms with Crippen LogP contribution in [0, 0.1) is 5.92 Å². The van der Waals surface area contributed by atoms with E-state index in [2.05, 4.69) is 4.99 Å². The number of carbonyl (C=O) groups excluding carboxylic acids is 2. The topological polar surface area (TPSA) is 74.2 Å². The first kappa shape index (κ1) is 19.1. The number of carbonyl (C=O) groups is 2. The number of Topliss-reactive ketones (excluding diaryl/α,β-unsaturated/α-hetero) is 1. The maximum atomic E-state index is 12.9. The summed E-state index contributed by atoms with van der Waals surface area (Å²) < 4.78 is 16.4. The second-order valence-corrected chi connectivity index (χ2v) is 6.68. The van der Waals surface area contributed by atoms with Crippen molar-refractivity contribution in [3.05, 3.63) is 35.0 Å². The van der Waals surface area contributed by atoms with Gasteiger partial charge in [0.05, 0.1) is 32.3 Å². The van der Waals surface area contributed by atoms with Gasteiger partial charge in [-0.2, -0.15) is 0 Å². The predicted molar refractivity (Wildman–Crippen MR) is 101 cm³/mol. The van der Waals surface area contributed by atoms with E-state index in [1.807, 2.05) is 25.1 Å². The van der Waals surface area contributed by atoms with Crippen LogP contribution in [0.4, 0.5) is 0 Å². The number of hydrogen-bond donors (Lipinski definition) is 0. The van der Waals surface area contributed by atoms with E-state index in [-0.39, 0.29) is 5.78 Å². The molecular formula is C21H25NO5. The Morgan fingerprint density at radius 3 is 2.67 bits per heavy atom. The average molecular weight is 371 g/mol. The molecule has 0 bridgehead atoms. The lowest BCUT2D eigenvalue weighted by Gasteiger charge is -2.36. The van der Waals surface area contributed by atoms with Gasteiger partial charge in [0.15, 0.2) is 11.5 Å². The highest BCUT2D eigenvalue weighted by Gasteiger charge is 2.45. The molecule has 144 valence electrons. The van der Waals surface area contributed by atoms with Crippen LogP contribution in [-0.4, -0.2) is 38.3 Å². The summed E-state index contributed by atoms with van der Waals surface area (Å²) in [5, 5.41) is 0. The highest BCUT2D eigenvalue weighted by Crippen LogP contribution is 2.47. The highest BCUT2D eigenvalue weighted by molar-refractivity contribution is 6.11. The summed E-state index contributed by atoms with van der Waals surface area (Å²) in [5.41, 5.74) is 2.60. The summed E-state index contributed by atoms with van der Waals surface area (Å²) in [7, 11) is 2.92. The summed E-state index contributed by atoms with van der Waals surface area (Å²) >= 11 is 0. The van der Waals surface area contributed by atoms with Gasteiger partial charge in [-0.1, -0.05) is 12.1 Å². The molecule has 1 fully saturated rings. The summed E-state index contributed by atoms with van der Waals surface area (Å²) in [6.45, 7) is 4.12. The Hall–Kier alpha value is -2.63. The van der Waals surface area contributed by atoms with Crippen molar-refractivity contribution in [2.24, 2.45) is 10.9 Å². The van der Waals surface area contributed by atoms with E-state index < -0.39 is 17.8 Å². The minimum atomic E-state index is -0.491. The number of fused-ring (bicyclic) bond motifs is 1. The second kappa shape index (κ2) is 7.94. The third-order valence-electron chi connectivity index (χ3n) is 5.17. The summed E-state index contributed by atoms with van der Waals surface area (Å²) in [6, 6.07) is 5.54. The van der Waals surface area contributed by atoms with Crippen molar-refractivity contribution >= 4 is 17.5 Å². The van der Waals surface area contributed by atoms with E-state index in [1.54, 1.807) is 14.0 Å². The molecule has 0 aromatic heterocycles. The Kier molecular flexibility index (Phi) is 5.63. The number of ketones is 1. The smallest absolute Gasteiger partial charge is 0.336 e. The zero-order valence-corrected chi connectivity index (χ0v) is 16.2. The number of nitrogens with zero attached hydrogens (tertiary/aromatic N) is 1. The molecule has 1 unspecified atom stereocenters. The zero-order chi connectivity index (χ0) is 19.6. The number of aliphatic imine (C=N–C) groups is 1. The first-order chi connectivity index (χ1) is 13.0. The molecule has 1 aliphatic heterocycles. The number of hydrogen-bond acceptors (Lipinski definition) is 6. The molecule has 2 aliphatic rings. The first-order valence-corrected chi connectivity index (χ1v) is 9.22. The SMILES string of the molecule is CCOc1c(OC)cccc1[C@H]1C(C(=O)OC)=C(C)N=C2CCCC(=O)C21. The molecule has 27 heavy (non-hydrogen) atoms. The van der Waals surface area contributed by atoms with Gasteiger partial charge in [0, 0.05) is 29.3 Å². The van der Waals surface area contributed by atoms with Crippen LogP contribution in [0.15, 0.2) is 34.5 Å². The monoisotopic (exact) mass is 371 g/mol. The largest absolute Gasteiger partial charge is 0.493 e. The quantitative estimate of drug-likeness (QED) is 0.741. The molecular weight excluding hydrogens is 346 g/mol. The number of allylic oxidation sites excluding steroid dienone is 1. The molecule has 0 radical (unpaired) electrons. The lowest BCUT2D eigenvalue weighted by molar-refractivity contribution is -0.136. The Labute approximate surface area is 159 Å². The van der Waals surface area contributed by atoms with Gasteiger partial charge >= 0.3 is 5.97 Å². The highest BCUT2D eigenvalue weighted by atomic mass is 16.5. The van der Waals surface area contributed by atoms with Gasteiger partial charge in [-0.3, -0.25) is 9.79 Å². The lowest BCUT2D eigenvalue weighted by atomic mass is 9.69. The number of para-hydroxylation sites is 1. The zero-order valence-electron chi connectivity index (χ0n) is 16.2. The van der Waals surface area contributed by atoms with E-state index in [1.165, 1.54) is 7.11 Å². The molecule has 1 heterocycles. The molecule has 0 spiro atoms. The maximum absolute atomic E-state index is 12.9. The van der Waals surface area contributed by atoms with E-state index in [4.69, 9.17) is 14.2 Å². The molecule has 1 saturated carbocycles. The third kappa shape index (κ3) is 3.36. The molecule has 2 atom stereocenters. The van der Waals surface area contributed by atoms with Gasteiger partial charge in [-0.25, -0.2) is 4.79 Å². The Bertz CT molecular complexity index is 824. The first-order valence-electron chi connectivity index (χ1n) is 9.22. The van der Waals surface area contributed by atoms with Crippen molar-refractivity contribution in [2.75, 3.05) is 20.8 Å². The Morgan fingerprint density at radius 2 is 2.00 bits per heavy atom. The molecule has 1 aromatic rings. The standard InChI is InChI=1S/C21H25NO5/c1-5-27-20-13(8-6-11-16(20)25-3)18-17(21(24)26-4)12(2)22-14-9-7-10-15(23)19(14)18/h6,8,11,18-19H,5,7,9-10H2,1-4H3/t18-,19?/m0/s1. The Balaban J connectivity index is 2.25. The second-order valence-electron chi connectivity index (χ2n) is 6.68. The van der Waals surface area contributed by atoms with Crippen molar-refractivity contribution in [3.8, 4) is 11.5 Å². The van der Waals surface area contributed by atoms with Gasteiger partial charge in [-0.15, -0.1) is 0 Å². The van der Waals surface area contributed by atoms with Gasteiger partial charge < -0.3 is 14.2 Å². The molecule has 6 nitrogen and oxygen atoms in total. The summed E-state index contributed by atoms with van der Waals surface area (Å²) in [6.07, 6.45) is 2.03. The fourth-order valence-electron chi connectivity index (χ4n) is 4.07. The summed E-state index contributed by atoms with van der Waals surface area (Å²) in [5.74, 6) is -0.199. The molecule has 6 heteroatoms. The van der Waals surface area contributed by atoms with Crippen LogP contribution in [0.5, 0.6) is 11.5 Å². The van der Waals surface area contributed by atoms with Crippen LogP contribution in [0.25, 0.3) is 0 Å². The van der Waals surface area contributed by atoms with Crippen molar-refractivity contribution in [2.45, 2.75) is 39.0 Å². The average Bonchev–Trinajstić information content (AvgIpc) is 2.67. The van der Waals surface area contributed by atoms with Gasteiger partial charge in [0.25, 0.3) is 0 Å². The number of ether oxygens (including phenoxy) is 3. The number of rotatable bonds is 5. The fourth-order valence-corrected chi connectivity index (χ4v) is 4.07. The van der Waals surface area contributed by atoms with E-state index in [0.717, 1.165) is 24.1 Å². The van der Waals surface area contributed by atoms with Crippen molar-refractivity contribution in [1.29, 1.82) is 0 Å². The fraction of sp³-hybridized carbons (Fsp3) is 0.476. The number of benzene rings is 1. The van der Waals surface area contributed by atoms with Crippen LogP contribution in [0.2, 0.25) is 0 Å².